The molecule has 3 nitrogen and oxygen atoms in total. The SMILES string of the molecule is COC(=O)Cc1ccc(C)o1. The van der Waals surface area contributed by atoms with Crippen LogP contribution in [0.25, 0.3) is 0 Å². The quantitative estimate of drug-likeness (QED) is 0.603. The molecule has 3 heteroatoms. The molecule has 0 aliphatic heterocycles. The third-order valence-corrected chi connectivity index (χ3v) is 1.34. The summed E-state index contributed by atoms with van der Waals surface area (Å²) >= 11 is 0. The maximum absolute atomic E-state index is 10.7. The molecule has 0 saturated carbocycles. The van der Waals surface area contributed by atoms with E-state index in [-0.39, 0.29) is 12.4 Å². The molecule has 0 spiro atoms. The Balaban J connectivity index is 2.57. The standard InChI is InChI=1S/C8H10O3/c1-6-3-4-7(11-6)5-8(9)10-2/h3-4H,5H2,1-2H3. The van der Waals surface area contributed by atoms with Crippen molar-refractivity contribution < 1.29 is 13.9 Å². The van der Waals surface area contributed by atoms with Gasteiger partial charge in [0.2, 0.25) is 0 Å². The molecular formula is C8H10O3. The number of carbonyl (C=O) groups is 1. The summed E-state index contributed by atoms with van der Waals surface area (Å²) in [6, 6.07) is 3.59. The summed E-state index contributed by atoms with van der Waals surface area (Å²) in [5, 5.41) is 0. The third-order valence-electron chi connectivity index (χ3n) is 1.34. The fourth-order valence-electron chi connectivity index (χ4n) is 0.795. The molecule has 11 heavy (non-hydrogen) atoms. The van der Waals surface area contributed by atoms with Crippen molar-refractivity contribution in [3.63, 3.8) is 0 Å². The van der Waals surface area contributed by atoms with Crippen LogP contribution in [0.15, 0.2) is 16.5 Å². The van der Waals surface area contributed by atoms with Gasteiger partial charge in [0.25, 0.3) is 0 Å². The number of aryl methyl sites for hydroxylation is 1. The van der Waals surface area contributed by atoms with E-state index in [1.807, 2.05) is 13.0 Å². The van der Waals surface area contributed by atoms with Crippen LogP contribution >= 0.6 is 0 Å². The van der Waals surface area contributed by atoms with Crippen molar-refractivity contribution in [3.05, 3.63) is 23.7 Å². The molecule has 0 N–H and O–H groups in total. The van der Waals surface area contributed by atoms with E-state index in [4.69, 9.17) is 4.42 Å². The Morgan fingerprint density at radius 1 is 1.64 bits per heavy atom. The summed E-state index contributed by atoms with van der Waals surface area (Å²) in [5.74, 6) is 1.18. The smallest absolute Gasteiger partial charge is 0.313 e. The van der Waals surface area contributed by atoms with Crippen LogP contribution in [0.3, 0.4) is 0 Å². The van der Waals surface area contributed by atoms with Gasteiger partial charge in [0.05, 0.1) is 7.11 Å². The summed E-state index contributed by atoms with van der Waals surface area (Å²) in [6.45, 7) is 1.83. The fraction of sp³-hybridized carbons (Fsp3) is 0.375. The lowest BCUT2D eigenvalue weighted by Crippen LogP contribution is -2.03. The van der Waals surface area contributed by atoms with Crippen LogP contribution in [-0.2, 0) is 16.0 Å². The van der Waals surface area contributed by atoms with Crippen molar-refractivity contribution in [2.45, 2.75) is 13.3 Å². The number of furan rings is 1. The molecule has 0 aliphatic carbocycles. The molecule has 0 saturated heterocycles. The van der Waals surface area contributed by atoms with Crippen LogP contribution in [0.5, 0.6) is 0 Å². The number of rotatable bonds is 2. The molecule has 60 valence electrons. The Morgan fingerprint density at radius 2 is 2.36 bits per heavy atom. The number of carbonyl (C=O) groups excluding carboxylic acids is 1. The molecule has 0 aromatic carbocycles. The third kappa shape index (κ3) is 2.11. The van der Waals surface area contributed by atoms with Gasteiger partial charge < -0.3 is 9.15 Å². The molecule has 0 bridgehead atoms. The fourth-order valence-corrected chi connectivity index (χ4v) is 0.795. The zero-order valence-electron chi connectivity index (χ0n) is 6.59. The van der Waals surface area contributed by atoms with Crippen molar-refractivity contribution in [3.8, 4) is 0 Å². The van der Waals surface area contributed by atoms with E-state index in [9.17, 15) is 4.79 Å². The summed E-state index contributed by atoms with van der Waals surface area (Å²) in [6.07, 6.45) is 0.213. The van der Waals surface area contributed by atoms with Gasteiger partial charge in [-0.3, -0.25) is 4.79 Å². The largest absolute Gasteiger partial charge is 0.469 e. The summed E-state index contributed by atoms with van der Waals surface area (Å²) in [7, 11) is 1.36. The van der Waals surface area contributed by atoms with Gasteiger partial charge in [-0.05, 0) is 19.1 Å². The second kappa shape index (κ2) is 3.23. The highest BCUT2D eigenvalue weighted by Crippen LogP contribution is 2.06. The van der Waals surface area contributed by atoms with Gasteiger partial charge in [0.15, 0.2) is 0 Å². The van der Waals surface area contributed by atoms with Crippen molar-refractivity contribution in [2.24, 2.45) is 0 Å². The molecule has 0 unspecified atom stereocenters. The molecule has 0 atom stereocenters. The number of methoxy groups -OCH3 is 1. The van der Waals surface area contributed by atoms with Crippen molar-refractivity contribution in [1.82, 2.24) is 0 Å². The molecule has 0 radical (unpaired) electrons. The van der Waals surface area contributed by atoms with Gasteiger partial charge in [0.1, 0.15) is 17.9 Å². The van der Waals surface area contributed by atoms with E-state index in [1.165, 1.54) is 7.11 Å². The average Bonchev–Trinajstić information content (AvgIpc) is 2.35. The van der Waals surface area contributed by atoms with Gasteiger partial charge in [0, 0.05) is 0 Å². The topological polar surface area (TPSA) is 39.4 Å². The summed E-state index contributed by atoms with van der Waals surface area (Å²) < 4.78 is 9.62. The minimum absolute atomic E-state index is 0.213. The normalized spacial score (nSPS) is 9.64. The van der Waals surface area contributed by atoms with Crippen LogP contribution in [0.4, 0.5) is 0 Å². The number of hydrogen-bond acceptors (Lipinski definition) is 3. The number of ether oxygens (including phenoxy) is 1. The van der Waals surface area contributed by atoms with Crippen LogP contribution in [-0.4, -0.2) is 13.1 Å². The Kier molecular flexibility index (Phi) is 2.31. The zero-order valence-corrected chi connectivity index (χ0v) is 6.59. The second-order valence-corrected chi connectivity index (χ2v) is 2.27. The van der Waals surface area contributed by atoms with Gasteiger partial charge in [-0.15, -0.1) is 0 Å². The van der Waals surface area contributed by atoms with Gasteiger partial charge >= 0.3 is 5.97 Å². The minimum atomic E-state index is -0.278. The predicted molar refractivity (Wildman–Crippen MR) is 39.2 cm³/mol. The van der Waals surface area contributed by atoms with Gasteiger partial charge in [-0.1, -0.05) is 0 Å². The highest BCUT2D eigenvalue weighted by atomic mass is 16.5. The van der Waals surface area contributed by atoms with Crippen molar-refractivity contribution in [1.29, 1.82) is 0 Å². The number of hydrogen-bond donors (Lipinski definition) is 0. The Morgan fingerprint density at radius 3 is 2.82 bits per heavy atom. The van der Waals surface area contributed by atoms with E-state index in [0.29, 0.717) is 5.76 Å². The van der Waals surface area contributed by atoms with Crippen molar-refractivity contribution >= 4 is 5.97 Å². The second-order valence-electron chi connectivity index (χ2n) is 2.27. The highest BCUT2D eigenvalue weighted by molar-refractivity contribution is 5.71. The van der Waals surface area contributed by atoms with E-state index < -0.39 is 0 Å². The Hall–Kier alpha value is -1.25. The lowest BCUT2D eigenvalue weighted by Gasteiger charge is -1.93. The molecule has 0 aliphatic rings. The van der Waals surface area contributed by atoms with E-state index >= 15 is 0 Å². The van der Waals surface area contributed by atoms with Crippen LogP contribution in [0.2, 0.25) is 0 Å². The van der Waals surface area contributed by atoms with E-state index in [1.54, 1.807) is 6.07 Å². The van der Waals surface area contributed by atoms with Crippen molar-refractivity contribution in [2.75, 3.05) is 7.11 Å². The van der Waals surface area contributed by atoms with E-state index in [0.717, 1.165) is 5.76 Å². The Labute approximate surface area is 65.0 Å². The first kappa shape index (κ1) is 7.85. The molecule has 1 aromatic heterocycles. The Bertz CT molecular complexity index is 250. The molecule has 0 amide bonds. The molecule has 1 aromatic rings. The van der Waals surface area contributed by atoms with Crippen LogP contribution in [0, 0.1) is 6.92 Å². The summed E-state index contributed by atoms with van der Waals surface area (Å²) in [4.78, 5) is 10.7. The molecule has 0 fully saturated rings. The zero-order chi connectivity index (χ0) is 8.27. The van der Waals surface area contributed by atoms with E-state index in [2.05, 4.69) is 4.74 Å². The summed E-state index contributed by atoms with van der Waals surface area (Å²) in [5.41, 5.74) is 0. The number of esters is 1. The van der Waals surface area contributed by atoms with Gasteiger partial charge in [-0.2, -0.15) is 0 Å². The minimum Gasteiger partial charge on any atom is -0.469 e. The molecule has 1 heterocycles. The average molecular weight is 154 g/mol. The maximum Gasteiger partial charge on any atom is 0.313 e. The monoisotopic (exact) mass is 154 g/mol. The molecule has 1 rings (SSSR count). The van der Waals surface area contributed by atoms with Crippen LogP contribution in [0.1, 0.15) is 11.5 Å². The van der Waals surface area contributed by atoms with Gasteiger partial charge in [-0.25, -0.2) is 0 Å². The first-order valence-corrected chi connectivity index (χ1v) is 3.34. The first-order chi connectivity index (χ1) is 5.22. The highest BCUT2D eigenvalue weighted by Gasteiger charge is 2.05. The predicted octanol–water partition coefficient (Wildman–Crippen LogP) is 1.30. The van der Waals surface area contributed by atoms with Crippen LogP contribution < -0.4 is 0 Å². The first-order valence-electron chi connectivity index (χ1n) is 3.34. The lowest BCUT2D eigenvalue weighted by molar-refractivity contribution is -0.140. The maximum atomic E-state index is 10.7. The molecular weight excluding hydrogens is 144 g/mol. The lowest BCUT2D eigenvalue weighted by atomic mass is 10.3.